The average molecular weight is 346 g/mol. The number of carbonyl (C=O) groups excluding carboxylic acids is 5. The lowest BCUT2D eigenvalue weighted by Gasteiger charge is -2.18. The number of fused-ring (bicyclic) bond motifs is 1. The molecule has 25 heavy (non-hydrogen) atoms. The number of Topliss-reactive ketones (excluding diaryl/α,β-unsaturated/α-hetero) is 1. The van der Waals surface area contributed by atoms with Crippen molar-refractivity contribution in [1.82, 2.24) is 10.6 Å². The number of carbonyl (C=O) groups is 5. The largest absolute Gasteiger partial charge is 0.368 e. The molecule has 0 saturated carbocycles. The molecule has 0 aromatic heterocycles. The molecule has 2 rings (SSSR count). The van der Waals surface area contributed by atoms with Crippen molar-refractivity contribution >= 4 is 29.4 Å². The molecule has 1 aliphatic heterocycles. The molecule has 0 bridgehead atoms. The highest BCUT2D eigenvalue weighted by molar-refractivity contribution is 6.35. The van der Waals surface area contributed by atoms with Crippen LogP contribution in [0.3, 0.4) is 0 Å². The second kappa shape index (κ2) is 7.56. The summed E-state index contributed by atoms with van der Waals surface area (Å²) in [5.74, 6) is -3.49. The third kappa shape index (κ3) is 4.63. The molecular formula is C16H18N4O5. The standard InChI is InChI=1S/C16H18N4O5/c17-14(23)11(3-4-12(21)15(18)24)20-16(25)8-1-2-9-7-19-13(22)6-10(9)5-8/h1-2,5,11H,3-4,6-7H2,(H2,17,23)(H2,18,24)(H,19,22)(H,20,25). The van der Waals surface area contributed by atoms with Crippen molar-refractivity contribution in [2.75, 3.05) is 0 Å². The molecule has 9 heteroatoms. The van der Waals surface area contributed by atoms with Crippen LogP contribution in [0.4, 0.5) is 0 Å². The van der Waals surface area contributed by atoms with Crippen LogP contribution in [0.5, 0.6) is 0 Å². The fourth-order valence-corrected chi connectivity index (χ4v) is 2.46. The monoisotopic (exact) mass is 346 g/mol. The van der Waals surface area contributed by atoms with Crippen LogP contribution >= 0.6 is 0 Å². The summed E-state index contributed by atoms with van der Waals surface area (Å²) >= 11 is 0. The van der Waals surface area contributed by atoms with Gasteiger partial charge in [0.05, 0.1) is 6.42 Å². The lowest BCUT2D eigenvalue weighted by atomic mass is 9.97. The van der Waals surface area contributed by atoms with E-state index in [9.17, 15) is 24.0 Å². The fraction of sp³-hybridized carbons (Fsp3) is 0.312. The fourth-order valence-electron chi connectivity index (χ4n) is 2.46. The number of benzene rings is 1. The maximum atomic E-state index is 12.3. The summed E-state index contributed by atoms with van der Waals surface area (Å²) < 4.78 is 0. The van der Waals surface area contributed by atoms with Crippen LogP contribution in [0.1, 0.15) is 34.3 Å². The first kappa shape index (κ1) is 18.1. The molecule has 1 aromatic carbocycles. The van der Waals surface area contributed by atoms with Gasteiger partial charge < -0.3 is 22.1 Å². The number of primary amides is 2. The van der Waals surface area contributed by atoms with Gasteiger partial charge in [0.1, 0.15) is 6.04 Å². The minimum atomic E-state index is -1.12. The average Bonchev–Trinajstić information content (AvgIpc) is 2.56. The molecule has 1 aliphatic rings. The van der Waals surface area contributed by atoms with Gasteiger partial charge in [-0.2, -0.15) is 0 Å². The molecule has 132 valence electrons. The van der Waals surface area contributed by atoms with E-state index in [2.05, 4.69) is 10.6 Å². The smallest absolute Gasteiger partial charge is 0.284 e. The van der Waals surface area contributed by atoms with Gasteiger partial charge in [0, 0.05) is 18.5 Å². The Balaban J connectivity index is 2.07. The lowest BCUT2D eigenvalue weighted by Crippen LogP contribution is -2.45. The SMILES string of the molecule is NC(=O)C(=O)CCC(NC(=O)c1ccc2c(c1)CC(=O)NC2)C(N)=O. The third-order valence-electron chi connectivity index (χ3n) is 3.88. The van der Waals surface area contributed by atoms with Gasteiger partial charge in [0.15, 0.2) is 0 Å². The van der Waals surface area contributed by atoms with Crippen molar-refractivity contribution in [3.8, 4) is 0 Å². The number of nitrogens with two attached hydrogens (primary N) is 2. The van der Waals surface area contributed by atoms with Crippen molar-refractivity contribution in [3.63, 3.8) is 0 Å². The molecule has 1 heterocycles. The van der Waals surface area contributed by atoms with Crippen LogP contribution in [0.25, 0.3) is 0 Å². The van der Waals surface area contributed by atoms with Crippen LogP contribution in [-0.4, -0.2) is 35.5 Å². The van der Waals surface area contributed by atoms with E-state index in [1.54, 1.807) is 18.2 Å². The molecule has 0 saturated heterocycles. The molecule has 6 N–H and O–H groups in total. The maximum absolute atomic E-state index is 12.3. The first-order chi connectivity index (χ1) is 11.8. The minimum absolute atomic E-state index is 0.129. The van der Waals surface area contributed by atoms with Crippen molar-refractivity contribution in [3.05, 3.63) is 34.9 Å². The molecule has 0 fully saturated rings. The number of ketones is 1. The summed E-state index contributed by atoms with van der Waals surface area (Å²) in [4.78, 5) is 57.2. The van der Waals surface area contributed by atoms with Crippen LogP contribution in [0.15, 0.2) is 18.2 Å². The Hall–Kier alpha value is -3.23. The number of hydrogen-bond acceptors (Lipinski definition) is 5. The van der Waals surface area contributed by atoms with Crippen LogP contribution in [-0.2, 0) is 32.1 Å². The van der Waals surface area contributed by atoms with Crippen molar-refractivity contribution in [2.24, 2.45) is 11.5 Å². The Labute approximate surface area is 143 Å². The van der Waals surface area contributed by atoms with Gasteiger partial charge in [-0.15, -0.1) is 0 Å². The summed E-state index contributed by atoms with van der Waals surface area (Å²) in [7, 11) is 0. The van der Waals surface area contributed by atoms with Crippen LogP contribution in [0.2, 0.25) is 0 Å². The topological polar surface area (TPSA) is 161 Å². The number of amides is 4. The number of nitrogens with one attached hydrogen (secondary N) is 2. The molecule has 1 unspecified atom stereocenters. The summed E-state index contributed by atoms with van der Waals surface area (Å²) in [5, 5.41) is 5.13. The highest BCUT2D eigenvalue weighted by Gasteiger charge is 2.22. The van der Waals surface area contributed by atoms with E-state index in [4.69, 9.17) is 11.5 Å². The van der Waals surface area contributed by atoms with Gasteiger partial charge >= 0.3 is 0 Å². The number of rotatable bonds is 7. The molecule has 0 aliphatic carbocycles. The maximum Gasteiger partial charge on any atom is 0.284 e. The predicted octanol–water partition coefficient (Wildman–Crippen LogP) is -1.72. The zero-order valence-corrected chi connectivity index (χ0v) is 13.3. The normalized spacial score (nSPS) is 14.0. The van der Waals surface area contributed by atoms with E-state index in [0.717, 1.165) is 11.1 Å². The summed E-state index contributed by atoms with van der Waals surface area (Å²) in [6.45, 7) is 0.398. The first-order valence-corrected chi connectivity index (χ1v) is 7.59. The van der Waals surface area contributed by atoms with Gasteiger partial charge in [-0.05, 0) is 29.7 Å². The predicted molar refractivity (Wildman–Crippen MR) is 85.9 cm³/mol. The third-order valence-corrected chi connectivity index (χ3v) is 3.88. The van der Waals surface area contributed by atoms with Gasteiger partial charge in [-0.3, -0.25) is 24.0 Å². The second-order valence-electron chi connectivity index (χ2n) is 5.69. The molecule has 0 spiro atoms. The molecular weight excluding hydrogens is 328 g/mol. The second-order valence-corrected chi connectivity index (χ2v) is 5.69. The van der Waals surface area contributed by atoms with E-state index in [1.807, 2.05) is 0 Å². The lowest BCUT2D eigenvalue weighted by molar-refractivity contribution is -0.136. The summed E-state index contributed by atoms with van der Waals surface area (Å²) in [6, 6.07) is 3.75. The van der Waals surface area contributed by atoms with Crippen LogP contribution in [0, 0.1) is 0 Å². The van der Waals surface area contributed by atoms with Crippen molar-refractivity contribution in [2.45, 2.75) is 31.8 Å². The molecule has 1 aromatic rings. The molecule has 0 radical (unpaired) electrons. The van der Waals surface area contributed by atoms with Gasteiger partial charge in [-0.25, -0.2) is 0 Å². The number of hydrogen-bond donors (Lipinski definition) is 4. The van der Waals surface area contributed by atoms with E-state index < -0.39 is 29.5 Å². The first-order valence-electron chi connectivity index (χ1n) is 7.59. The Bertz CT molecular complexity index is 759. The quantitative estimate of drug-likeness (QED) is 0.431. The van der Waals surface area contributed by atoms with Crippen molar-refractivity contribution < 1.29 is 24.0 Å². The Morgan fingerprint density at radius 3 is 2.52 bits per heavy atom. The molecule has 4 amide bonds. The highest BCUT2D eigenvalue weighted by atomic mass is 16.2. The van der Waals surface area contributed by atoms with E-state index in [0.29, 0.717) is 6.54 Å². The molecule has 1 atom stereocenters. The highest BCUT2D eigenvalue weighted by Crippen LogP contribution is 2.16. The summed E-state index contributed by atoms with van der Waals surface area (Å²) in [5.41, 5.74) is 12.0. The molecule has 9 nitrogen and oxygen atoms in total. The Kier molecular flexibility index (Phi) is 5.48. The van der Waals surface area contributed by atoms with E-state index in [1.165, 1.54) is 0 Å². The van der Waals surface area contributed by atoms with Crippen molar-refractivity contribution in [1.29, 1.82) is 0 Å². The van der Waals surface area contributed by atoms with E-state index >= 15 is 0 Å². The van der Waals surface area contributed by atoms with Gasteiger partial charge in [-0.1, -0.05) is 6.07 Å². The Morgan fingerprint density at radius 2 is 1.88 bits per heavy atom. The minimum Gasteiger partial charge on any atom is -0.368 e. The zero-order chi connectivity index (χ0) is 18.6. The van der Waals surface area contributed by atoms with E-state index in [-0.39, 0.29) is 30.7 Å². The Morgan fingerprint density at radius 1 is 1.16 bits per heavy atom. The zero-order valence-electron chi connectivity index (χ0n) is 13.3. The van der Waals surface area contributed by atoms with Gasteiger partial charge in [0.25, 0.3) is 11.8 Å². The van der Waals surface area contributed by atoms with Gasteiger partial charge in [0.2, 0.25) is 17.6 Å². The van der Waals surface area contributed by atoms with Crippen LogP contribution < -0.4 is 22.1 Å². The summed E-state index contributed by atoms with van der Waals surface area (Å²) in [6.07, 6.45) is -0.257.